The lowest BCUT2D eigenvalue weighted by atomic mass is 9.89. The summed E-state index contributed by atoms with van der Waals surface area (Å²) in [6, 6.07) is 17.8. The van der Waals surface area contributed by atoms with Crippen LogP contribution in [0.4, 0.5) is 0 Å². The Morgan fingerprint density at radius 2 is 1.61 bits per heavy atom. The molecule has 0 radical (unpaired) electrons. The summed E-state index contributed by atoms with van der Waals surface area (Å²) in [5.41, 5.74) is 1.21. The Bertz CT molecular complexity index is 907. The highest BCUT2D eigenvalue weighted by molar-refractivity contribution is 6.04. The summed E-state index contributed by atoms with van der Waals surface area (Å²) >= 11 is 0. The number of nitrogens with zero attached hydrogens (tertiary/aromatic N) is 1. The largest absolute Gasteiger partial charge is 0.478 e. The standard InChI is InChI=1S/C19H15NO3/c1-20-18(16(11-23-20)19(21)22)17-14-8-4-2-6-12(14)10-13-7-3-5-9-15(13)17/h2-11,18H,1H3,(H,21,22). The van der Waals surface area contributed by atoms with Crippen LogP contribution in [0.15, 0.2) is 66.4 Å². The molecule has 0 aromatic heterocycles. The zero-order valence-electron chi connectivity index (χ0n) is 12.6. The van der Waals surface area contributed by atoms with Crippen LogP contribution in [0.3, 0.4) is 0 Å². The van der Waals surface area contributed by atoms with Gasteiger partial charge in [-0.15, -0.1) is 5.06 Å². The average molecular weight is 305 g/mol. The van der Waals surface area contributed by atoms with Crippen molar-refractivity contribution in [2.24, 2.45) is 0 Å². The Balaban J connectivity index is 2.11. The Morgan fingerprint density at radius 3 is 2.17 bits per heavy atom. The van der Waals surface area contributed by atoms with Crippen LogP contribution in [0.2, 0.25) is 0 Å². The Kier molecular flexibility index (Phi) is 3.06. The minimum absolute atomic E-state index is 0.244. The number of carbonyl (C=O) groups is 1. The maximum absolute atomic E-state index is 11.6. The molecule has 0 amide bonds. The van der Waals surface area contributed by atoms with Crippen molar-refractivity contribution in [1.29, 1.82) is 0 Å². The van der Waals surface area contributed by atoms with Crippen LogP contribution in [0.25, 0.3) is 21.5 Å². The second kappa shape index (κ2) is 5.11. The lowest BCUT2D eigenvalue weighted by Gasteiger charge is -2.23. The molecule has 1 atom stereocenters. The van der Waals surface area contributed by atoms with Gasteiger partial charge in [-0.25, -0.2) is 4.79 Å². The molecule has 4 heteroatoms. The number of hydrogen-bond acceptors (Lipinski definition) is 3. The summed E-state index contributed by atoms with van der Waals surface area (Å²) in [7, 11) is 1.76. The van der Waals surface area contributed by atoms with Gasteiger partial charge in [-0.3, -0.25) is 0 Å². The number of carboxylic acid groups (broad SMARTS) is 1. The van der Waals surface area contributed by atoms with Gasteiger partial charge >= 0.3 is 5.97 Å². The van der Waals surface area contributed by atoms with Crippen LogP contribution in [-0.4, -0.2) is 23.2 Å². The third kappa shape index (κ3) is 2.07. The van der Waals surface area contributed by atoms with Gasteiger partial charge in [-0.05, 0) is 33.2 Å². The van der Waals surface area contributed by atoms with E-state index in [1.54, 1.807) is 12.1 Å². The van der Waals surface area contributed by atoms with E-state index in [4.69, 9.17) is 4.84 Å². The van der Waals surface area contributed by atoms with Gasteiger partial charge in [0, 0.05) is 7.05 Å². The molecule has 0 fully saturated rings. The van der Waals surface area contributed by atoms with Gasteiger partial charge in [0.2, 0.25) is 0 Å². The van der Waals surface area contributed by atoms with E-state index in [-0.39, 0.29) is 5.57 Å². The lowest BCUT2D eigenvalue weighted by Crippen LogP contribution is -2.22. The fourth-order valence-electron chi connectivity index (χ4n) is 3.31. The van der Waals surface area contributed by atoms with Crippen LogP contribution >= 0.6 is 0 Å². The van der Waals surface area contributed by atoms with Gasteiger partial charge in [0.1, 0.15) is 12.3 Å². The van der Waals surface area contributed by atoms with E-state index >= 15 is 0 Å². The van der Waals surface area contributed by atoms with E-state index in [0.29, 0.717) is 0 Å². The number of carboxylic acids is 1. The van der Waals surface area contributed by atoms with Crippen molar-refractivity contribution in [3.63, 3.8) is 0 Å². The number of fused-ring (bicyclic) bond motifs is 2. The zero-order valence-corrected chi connectivity index (χ0v) is 12.6. The number of hydroxylamine groups is 2. The highest BCUT2D eigenvalue weighted by atomic mass is 16.7. The molecule has 0 aliphatic carbocycles. The predicted molar refractivity (Wildman–Crippen MR) is 88.8 cm³/mol. The number of aliphatic carboxylic acids is 1. The fourth-order valence-corrected chi connectivity index (χ4v) is 3.31. The van der Waals surface area contributed by atoms with Gasteiger partial charge in [-0.2, -0.15) is 0 Å². The quantitative estimate of drug-likeness (QED) is 0.730. The smallest absolute Gasteiger partial charge is 0.336 e. The molecule has 1 unspecified atom stereocenters. The second-order valence-corrected chi connectivity index (χ2v) is 5.66. The first-order chi connectivity index (χ1) is 11.2. The molecule has 0 bridgehead atoms. The average Bonchev–Trinajstić information content (AvgIpc) is 2.94. The van der Waals surface area contributed by atoms with E-state index in [1.165, 1.54) is 6.26 Å². The minimum atomic E-state index is -0.962. The molecule has 1 N–H and O–H groups in total. The fraction of sp³-hybridized carbons (Fsp3) is 0.105. The first kappa shape index (κ1) is 13.8. The van der Waals surface area contributed by atoms with Crippen molar-refractivity contribution >= 4 is 27.5 Å². The van der Waals surface area contributed by atoms with E-state index in [9.17, 15) is 9.90 Å². The summed E-state index contributed by atoms with van der Waals surface area (Å²) in [5, 5.41) is 15.4. The Morgan fingerprint density at radius 1 is 1.04 bits per heavy atom. The number of benzene rings is 3. The number of hydrogen-bond donors (Lipinski definition) is 1. The van der Waals surface area contributed by atoms with Crippen LogP contribution in [-0.2, 0) is 9.63 Å². The van der Waals surface area contributed by atoms with Gasteiger partial charge < -0.3 is 9.94 Å². The second-order valence-electron chi connectivity index (χ2n) is 5.66. The summed E-state index contributed by atoms with van der Waals surface area (Å²) < 4.78 is 0. The maximum Gasteiger partial charge on any atom is 0.336 e. The predicted octanol–water partition coefficient (Wildman–Crippen LogP) is 3.88. The molecule has 3 aromatic carbocycles. The normalized spacial score (nSPS) is 18.1. The summed E-state index contributed by atoms with van der Waals surface area (Å²) in [4.78, 5) is 17.0. The van der Waals surface area contributed by atoms with Crippen LogP contribution in [0.5, 0.6) is 0 Å². The molecule has 4 nitrogen and oxygen atoms in total. The molecule has 114 valence electrons. The number of likely N-dealkylation sites (N-methyl/N-ethyl adjacent to an activating group) is 1. The topological polar surface area (TPSA) is 49.8 Å². The molecular weight excluding hydrogens is 290 g/mol. The third-order valence-electron chi connectivity index (χ3n) is 4.34. The van der Waals surface area contributed by atoms with Crippen molar-refractivity contribution in [2.75, 3.05) is 7.05 Å². The molecule has 23 heavy (non-hydrogen) atoms. The van der Waals surface area contributed by atoms with Gasteiger partial charge in [0.15, 0.2) is 0 Å². The molecular formula is C19H15NO3. The SMILES string of the molecule is CN1OC=C(C(=O)O)C1c1c2ccccc2cc2ccccc12. The van der Waals surface area contributed by atoms with Gasteiger partial charge in [0.25, 0.3) is 0 Å². The van der Waals surface area contributed by atoms with E-state index in [2.05, 4.69) is 6.07 Å². The Labute approximate surface area is 133 Å². The number of rotatable bonds is 2. The molecule has 4 rings (SSSR count). The highest BCUT2D eigenvalue weighted by Crippen LogP contribution is 2.41. The van der Waals surface area contributed by atoms with Crippen LogP contribution < -0.4 is 0 Å². The lowest BCUT2D eigenvalue weighted by molar-refractivity contribution is -0.133. The van der Waals surface area contributed by atoms with E-state index in [0.717, 1.165) is 27.1 Å². The van der Waals surface area contributed by atoms with Crippen molar-refractivity contribution in [3.8, 4) is 0 Å². The molecule has 3 aromatic rings. The first-order valence-electron chi connectivity index (χ1n) is 7.40. The molecule has 0 spiro atoms. The van der Waals surface area contributed by atoms with Gasteiger partial charge in [-0.1, -0.05) is 48.5 Å². The monoisotopic (exact) mass is 305 g/mol. The third-order valence-corrected chi connectivity index (χ3v) is 4.34. The highest BCUT2D eigenvalue weighted by Gasteiger charge is 2.35. The van der Waals surface area contributed by atoms with E-state index in [1.807, 2.05) is 48.5 Å². The van der Waals surface area contributed by atoms with Crippen molar-refractivity contribution < 1.29 is 14.7 Å². The van der Waals surface area contributed by atoms with Gasteiger partial charge in [0.05, 0.1) is 5.57 Å². The summed E-state index contributed by atoms with van der Waals surface area (Å²) in [5.74, 6) is -0.962. The van der Waals surface area contributed by atoms with Crippen LogP contribution in [0.1, 0.15) is 11.6 Å². The van der Waals surface area contributed by atoms with E-state index < -0.39 is 12.0 Å². The molecule has 1 aliphatic rings. The maximum atomic E-state index is 11.6. The molecule has 1 aliphatic heterocycles. The molecule has 0 saturated carbocycles. The minimum Gasteiger partial charge on any atom is -0.478 e. The molecule has 0 saturated heterocycles. The van der Waals surface area contributed by atoms with Crippen LogP contribution in [0, 0.1) is 0 Å². The first-order valence-corrected chi connectivity index (χ1v) is 7.40. The van der Waals surface area contributed by atoms with Crippen molar-refractivity contribution in [1.82, 2.24) is 5.06 Å². The summed E-state index contributed by atoms with van der Waals surface area (Å²) in [6.45, 7) is 0. The summed E-state index contributed by atoms with van der Waals surface area (Å²) in [6.07, 6.45) is 1.32. The van der Waals surface area contributed by atoms with Crippen molar-refractivity contribution in [3.05, 3.63) is 72.0 Å². The Hall–Kier alpha value is -2.85. The zero-order chi connectivity index (χ0) is 16.0. The van der Waals surface area contributed by atoms with Crippen molar-refractivity contribution in [2.45, 2.75) is 6.04 Å². The molecule has 1 heterocycles.